The first-order valence-electron chi connectivity index (χ1n) is 5.22. The van der Waals surface area contributed by atoms with Gasteiger partial charge in [0, 0.05) is 21.2 Å². The van der Waals surface area contributed by atoms with Gasteiger partial charge in [0.25, 0.3) is 5.91 Å². The molecule has 0 aliphatic rings. The van der Waals surface area contributed by atoms with Crippen molar-refractivity contribution in [1.82, 2.24) is 4.98 Å². The lowest BCUT2D eigenvalue weighted by atomic mass is 10.2. The van der Waals surface area contributed by atoms with Crippen LogP contribution < -0.4 is 16.6 Å². The van der Waals surface area contributed by atoms with Gasteiger partial charge in [-0.05, 0) is 34.1 Å². The van der Waals surface area contributed by atoms with E-state index in [1.165, 1.54) is 18.3 Å². The van der Waals surface area contributed by atoms with Crippen LogP contribution in [-0.2, 0) is 0 Å². The molecule has 0 saturated carbocycles. The van der Waals surface area contributed by atoms with Crippen LogP contribution in [0, 0.1) is 0 Å². The third-order valence-corrected chi connectivity index (χ3v) is 3.45. The average molecular weight is 387 g/mol. The van der Waals surface area contributed by atoms with E-state index in [9.17, 15) is 9.59 Å². The summed E-state index contributed by atoms with van der Waals surface area (Å²) < 4.78 is 1.47. The molecule has 1 aromatic carbocycles. The molecular weight excluding hydrogens is 378 g/mol. The van der Waals surface area contributed by atoms with Crippen molar-refractivity contribution in [1.29, 1.82) is 0 Å². The molecule has 0 bridgehead atoms. The first-order valence-corrected chi connectivity index (χ1v) is 6.80. The van der Waals surface area contributed by atoms with Crippen LogP contribution in [0.2, 0.25) is 0 Å². The lowest BCUT2D eigenvalue weighted by molar-refractivity contribution is 0.102. The van der Waals surface area contributed by atoms with Crippen LogP contribution in [-0.4, -0.2) is 10.9 Å². The summed E-state index contributed by atoms with van der Waals surface area (Å²) in [4.78, 5) is 25.4. The fraction of sp³-hybridized carbons (Fsp3) is 0. The minimum absolute atomic E-state index is 0.263. The quantitative estimate of drug-likeness (QED) is 0.693. The van der Waals surface area contributed by atoms with Gasteiger partial charge >= 0.3 is 0 Å². The predicted octanol–water partition coefficient (Wildman–Crippen LogP) is 2.73. The molecule has 0 unspecified atom stereocenters. The van der Waals surface area contributed by atoms with E-state index < -0.39 is 0 Å². The smallest absolute Gasteiger partial charge is 0.257 e. The van der Waals surface area contributed by atoms with Crippen LogP contribution in [0.25, 0.3) is 0 Å². The standard InChI is InChI=1S/C12H9Br2N3O2/c13-7-3-8(14)11(9(15)4-7)17-12(19)6-1-2-10(18)16-5-6/h1-5H,15H2,(H,16,18)(H,17,19). The van der Waals surface area contributed by atoms with Crippen molar-refractivity contribution in [2.24, 2.45) is 0 Å². The maximum atomic E-state index is 12.0. The second-order valence-electron chi connectivity index (χ2n) is 3.75. The fourth-order valence-corrected chi connectivity index (χ4v) is 2.82. The molecule has 2 aromatic rings. The molecule has 0 atom stereocenters. The molecule has 7 heteroatoms. The van der Waals surface area contributed by atoms with E-state index in [0.29, 0.717) is 21.4 Å². The molecule has 0 fully saturated rings. The summed E-state index contributed by atoms with van der Waals surface area (Å²) in [5.41, 5.74) is 6.83. The molecular formula is C12H9Br2N3O2. The highest BCUT2D eigenvalue weighted by molar-refractivity contribution is 9.11. The lowest BCUT2D eigenvalue weighted by Gasteiger charge is -2.10. The molecule has 2 rings (SSSR count). The van der Waals surface area contributed by atoms with E-state index in [2.05, 4.69) is 42.2 Å². The van der Waals surface area contributed by atoms with Gasteiger partial charge < -0.3 is 16.0 Å². The molecule has 1 amide bonds. The van der Waals surface area contributed by atoms with Crippen molar-refractivity contribution in [3.63, 3.8) is 0 Å². The van der Waals surface area contributed by atoms with E-state index >= 15 is 0 Å². The molecule has 98 valence electrons. The van der Waals surface area contributed by atoms with Crippen LogP contribution >= 0.6 is 31.9 Å². The average Bonchev–Trinajstić information content (AvgIpc) is 2.34. The number of H-pyrrole nitrogens is 1. The Morgan fingerprint density at radius 2 is 2.00 bits per heavy atom. The van der Waals surface area contributed by atoms with Crippen LogP contribution in [0.1, 0.15) is 10.4 Å². The van der Waals surface area contributed by atoms with Crippen LogP contribution in [0.15, 0.2) is 44.2 Å². The number of anilines is 2. The van der Waals surface area contributed by atoms with Gasteiger partial charge in [-0.1, -0.05) is 15.9 Å². The molecule has 0 aliphatic carbocycles. The number of amides is 1. The number of aromatic amines is 1. The summed E-state index contributed by atoms with van der Waals surface area (Å²) in [6.07, 6.45) is 1.35. The number of benzene rings is 1. The highest BCUT2D eigenvalue weighted by Gasteiger charge is 2.11. The van der Waals surface area contributed by atoms with Gasteiger partial charge in [-0.3, -0.25) is 9.59 Å². The largest absolute Gasteiger partial charge is 0.397 e. The third-order valence-electron chi connectivity index (χ3n) is 2.37. The summed E-state index contributed by atoms with van der Waals surface area (Å²) in [6.45, 7) is 0. The van der Waals surface area contributed by atoms with Gasteiger partial charge in [0.2, 0.25) is 5.56 Å². The van der Waals surface area contributed by atoms with Crippen molar-refractivity contribution in [3.05, 3.63) is 55.3 Å². The third kappa shape index (κ3) is 3.24. The van der Waals surface area contributed by atoms with Crippen molar-refractivity contribution in [3.8, 4) is 0 Å². The Balaban J connectivity index is 2.29. The summed E-state index contributed by atoms with van der Waals surface area (Å²) >= 11 is 6.63. The Bertz CT molecular complexity index is 654. The number of nitrogens with one attached hydrogen (secondary N) is 2. The van der Waals surface area contributed by atoms with Crippen LogP contribution in [0.5, 0.6) is 0 Å². The maximum absolute atomic E-state index is 12.0. The number of carbonyl (C=O) groups excluding carboxylic acids is 1. The Labute approximate surface area is 125 Å². The van der Waals surface area contributed by atoms with Crippen molar-refractivity contribution in [2.75, 3.05) is 11.1 Å². The van der Waals surface area contributed by atoms with E-state index in [4.69, 9.17) is 5.73 Å². The second kappa shape index (κ2) is 5.58. The number of rotatable bonds is 2. The van der Waals surface area contributed by atoms with Gasteiger partial charge in [-0.15, -0.1) is 0 Å². The molecule has 0 radical (unpaired) electrons. The zero-order chi connectivity index (χ0) is 14.0. The molecule has 1 aromatic heterocycles. The lowest BCUT2D eigenvalue weighted by Crippen LogP contribution is -2.15. The first kappa shape index (κ1) is 13.8. The van der Waals surface area contributed by atoms with Gasteiger partial charge in [0.15, 0.2) is 0 Å². The molecule has 0 aliphatic heterocycles. The van der Waals surface area contributed by atoms with Gasteiger partial charge in [0.05, 0.1) is 16.9 Å². The second-order valence-corrected chi connectivity index (χ2v) is 5.52. The van der Waals surface area contributed by atoms with E-state index in [1.54, 1.807) is 12.1 Å². The summed E-state index contributed by atoms with van der Waals surface area (Å²) in [6, 6.07) is 6.19. The SMILES string of the molecule is Nc1cc(Br)cc(Br)c1NC(=O)c1ccc(=O)[nH]c1. The number of halogens is 2. The van der Waals surface area contributed by atoms with E-state index in [1.807, 2.05) is 0 Å². The highest BCUT2D eigenvalue weighted by atomic mass is 79.9. The van der Waals surface area contributed by atoms with E-state index in [-0.39, 0.29) is 11.5 Å². The number of hydrogen-bond donors (Lipinski definition) is 3. The van der Waals surface area contributed by atoms with Crippen LogP contribution in [0.4, 0.5) is 11.4 Å². The van der Waals surface area contributed by atoms with Crippen molar-refractivity contribution >= 4 is 49.1 Å². The molecule has 4 N–H and O–H groups in total. The summed E-state index contributed by atoms with van der Waals surface area (Å²) in [5.74, 6) is -0.356. The van der Waals surface area contributed by atoms with Crippen molar-refractivity contribution in [2.45, 2.75) is 0 Å². The normalized spacial score (nSPS) is 10.2. The van der Waals surface area contributed by atoms with Gasteiger partial charge in [-0.25, -0.2) is 0 Å². The Hall–Kier alpha value is -1.60. The molecule has 0 saturated heterocycles. The first-order chi connectivity index (χ1) is 8.97. The fourth-order valence-electron chi connectivity index (χ4n) is 1.46. The minimum Gasteiger partial charge on any atom is -0.397 e. The molecule has 19 heavy (non-hydrogen) atoms. The van der Waals surface area contributed by atoms with E-state index in [0.717, 1.165) is 4.47 Å². The van der Waals surface area contributed by atoms with Gasteiger partial charge in [-0.2, -0.15) is 0 Å². The minimum atomic E-state index is -0.356. The number of nitrogen functional groups attached to an aromatic ring is 1. The van der Waals surface area contributed by atoms with Crippen molar-refractivity contribution < 1.29 is 4.79 Å². The zero-order valence-electron chi connectivity index (χ0n) is 9.54. The zero-order valence-corrected chi connectivity index (χ0v) is 12.7. The predicted molar refractivity (Wildman–Crippen MR) is 81.3 cm³/mol. The molecule has 1 heterocycles. The van der Waals surface area contributed by atoms with Crippen LogP contribution in [0.3, 0.4) is 0 Å². The topological polar surface area (TPSA) is 88.0 Å². The highest BCUT2D eigenvalue weighted by Crippen LogP contribution is 2.32. The maximum Gasteiger partial charge on any atom is 0.257 e. The molecule has 0 spiro atoms. The molecule has 5 nitrogen and oxygen atoms in total. The Kier molecular flexibility index (Phi) is 4.06. The monoisotopic (exact) mass is 385 g/mol. The van der Waals surface area contributed by atoms with Gasteiger partial charge in [0.1, 0.15) is 0 Å². The number of nitrogens with two attached hydrogens (primary N) is 1. The summed E-state index contributed by atoms with van der Waals surface area (Å²) in [5, 5.41) is 2.69. The number of carbonyl (C=O) groups is 1. The Morgan fingerprint density at radius 1 is 1.26 bits per heavy atom. The Morgan fingerprint density at radius 3 is 2.58 bits per heavy atom. The summed E-state index contributed by atoms with van der Waals surface area (Å²) in [7, 11) is 0. The number of aromatic nitrogens is 1. The number of hydrogen-bond acceptors (Lipinski definition) is 3. The number of pyridine rings is 1.